The summed E-state index contributed by atoms with van der Waals surface area (Å²) in [5.41, 5.74) is -3.28. The van der Waals surface area contributed by atoms with E-state index in [2.05, 4.69) is 4.98 Å². The van der Waals surface area contributed by atoms with E-state index in [1.54, 1.807) is 0 Å². The second-order valence-corrected chi connectivity index (χ2v) is 4.15. The van der Waals surface area contributed by atoms with Gasteiger partial charge in [-0.05, 0) is 12.1 Å². The number of carbonyl (C=O) groups is 1. The number of halogens is 4. The van der Waals surface area contributed by atoms with Gasteiger partial charge in [0.15, 0.2) is 0 Å². The lowest BCUT2D eigenvalue weighted by Crippen LogP contribution is -2.17. The van der Waals surface area contributed by atoms with Crippen molar-refractivity contribution in [2.45, 2.75) is 6.18 Å². The summed E-state index contributed by atoms with van der Waals surface area (Å²) < 4.78 is 38.4. The molecule has 8 heteroatoms. The van der Waals surface area contributed by atoms with E-state index in [1.165, 1.54) is 0 Å². The topological polar surface area (TPSA) is 70.2 Å². The highest BCUT2D eigenvalue weighted by atomic mass is 35.5. The van der Waals surface area contributed by atoms with E-state index in [1.807, 2.05) is 0 Å². The molecule has 4 nitrogen and oxygen atoms in total. The number of rotatable bonds is 1. The largest absolute Gasteiger partial charge is 0.477 e. The predicted molar refractivity (Wildman–Crippen MR) is 61.5 cm³/mol. The van der Waals surface area contributed by atoms with Crippen molar-refractivity contribution in [1.29, 1.82) is 0 Å². The van der Waals surface area contributed by atoms with Gasteiger partial charge in [0.2, 0.25) is 5.43 Å². The van der Waals surface area contributed by atoms with Crippen LogP contribution in [-0.4, -0.2) is 16.1 Å². The number of fused-ring (bicyclic) bond motifs is 1. The Kier molecular flexibility index (Phi) is 3.01. The number of aromatic carboxylic acids is 1. The van der Waals surface area contributed by atoms with Gasteiger partial charge in [0.05, 0.1) is 11.1 Å². The number of hydrogen-bond acceptors (Lipinski definition) is 2. The van der Waals surface area contributed by atoms with E-state index in [0.717, 1.165) is 12.3 Å². The second kappa shape index (κ2) is 4.27. The number of nitrogens with one attached hydrogen (secondary N) is 1. The standard InChI is InChI=1S/C11H5ClF3NO3/c12-4-1-5-8(7(2-4)11(13,14)15)16-3-6(9(5)17)10(18)19/h1-3H,(H,16,17)(H,18,19). The fourth-order valence-corrected chi connectivity index (χ4v) is 1.90. The zero-order valence-corrected chi connectivity index (χ0v) is 9.76. The van der Waals surface area contributed by atoms with Crippen LogP contribution in [0.15, 0.2) is 23.1 Å². The van der Waals surface area contributed by atoms with E-state index >= 15 is 0 Å². The van der Waals surface area contributed by atoms with E-state index < -0.39 is 39.6 Å². The van der Waals surface area contributed by atoms with Gasteiger partial charge in [-0.3, -0.25) is 4.79 Å². The lowest BCUT2D eigenvalue weighted by atomic mass is 10.1. The summed E-state index contributed by atoms with van der Waals surface area (Å²) in [6, 6.07) is 1.66. The van der Waals surface area contributed by atoms with Gasteiger partial charge in [-0.1, -0.05) is 11.6 Å². The molecule has 0 aliphatic carbocycles. The number of benzene rings is 1. The molecule has 0 aliphatic rings. The molecule has 1 heterocycles. The number of H-pyrrole nitrogens is 1. The monoisotopic (exact) mass is 291 g/mol. The van der Waals surface area contributed by atoms with Crippen molar-refractivity contribution in [2.75, 3.05) is 0 Å². The van der Waals surface area contributed by atoms with Crippen molar-refractivity contribution in [3.05, 3.63) is 44.7 Å². The van der Waals surface area contributed by atoms with Gasteiger partial charge in [0.1, 0.15) is 5.56 Å². The average Bonchev–Trinajstić information content (AvgIpc) is 2.27. The first-order chi connectivity index (χ1) is 8.71. The first-order valence-corrected chi connectivity index (χ1v) is 5.25. The summed E-state index contributed by atoms with van der Waals surface area (Å²) >= 11 is 5.53. The SMILES string of the molecule is O=C(O)c1c[nH]c2c(C(F)(F)F)cc(Cl)cc2c1=O. The van der Waals surface area contributed by atoms with Crippen molar-refractivity contribution >= 4 is 28.5 Å². The molecule has 1 aromatic carbocycles. The third-order valence-corrected chi connectivity index (χ3v) is 2.71. The van der Waals surface area contributed by atoms with Crippen molar-refractivity contribution in [1.82, 2.24) is 4.98 Å². The van der Waals surface area contributed by atoms with E-state index in [9.17, 15) is 22.8 Å². The van der Waals surface area contributed by atoms with Crippen LogP contribution < -0.4 is 5.43 Å². The molecule has 1 aromatic heterocycles. The third-order valence-electron chi connectivity index (χ3n) is 2.49. The molecule has 0 radical (unpaired) electrons. The molecule has 0 spiro atoms. The molecule has 0 bridgehead atoms. The Morgan fingerprint density at radius 3 is 2.47 bits per heavy atom. The highest BCUT2D eigenvalue weighted by Gasteiger charge is 2.34. The summed E-state index contributed by atoms with van der Waals surface area (Å²) in [5, 5.41) is 8.03. The van der Waals surface area contributed by atoms with Crippen LogP contribution in [0.2, 0.25) is 5.02 Å². The van der Waals surface area contributed by atoms with Crippen molar-refractivity contribution in [3.63, 3.8) is 0 Å². The molecule has 0 aliphatic heterocycles. The van der Waals surface area contributed by atoms with Crippen molar-refractivity contribution in [3.8, 4) is 0 Å². The number of aromatic nitrogens is 1. The van der Waals surface area contributed by atoms with Crippen LogP contribution in [-0.2, 0) is 6.18 Å². The van der Waals surface area contributed by atoms with Crippen LogP contribution in [0.5, 0.6) is 0 Å². The van der Waals surface area contributed by atoms with Crippen LogP contribution in [0.3, 0.4) is 0 Å². The molecule has 0 unspecified atom stereocenters. The van der Waals surface area contributed by atoms with Gasteiger partial charge in [-0.2, -0.15) is 13.2 Å². The summed E-state index contributed by atoms with van der Waals surface area (Å²) in [4.78, 5) is 24.7. The molecular formula is C11H5ClF3NO3. The molecule has 0 saturated heterocycles. The predicted octanol–water partition coefficient (Wildman–Crippen LogP) is 2.90. The Balaban J connectivity index is 2.94. The number of carboxylic acid groups (broad SMARTS) is 1. The number of hydrogen-bond donors (Lipinski definition) is 2. The Morgan fingerprint density at radius 2 is 1.95 bits per heavy atom. The number of pyridine rings is 1. The van der Waals surface area contributed by atoms with Gasteiger partial charge < -0.3 is 10.1 Å². The maximum Gasteiger partial charge on any atom is 0.418 e. The Hall–Kier alpha value is -2.02. The van der Waals surface area contributed by atoms with Crippen LogP contribution in [0, 0.1) is 0 Å². The average molecular weight is 292 g/mol. The first-order valence-electron chi connectivity index (χ1n) is 4.87. The summed E-state index contributed by atoms with van der Waals surface area (Å²) in [7, 11) is 0. The van der Waals surface area contributed by atoms with Crippen LogP contribution in [0.4, 0.5) is 13.2 Å². The Bertz CT molecular complexity index is 736. The molecule has 0 fully saturated rings. The van der Waals surface area contributed by atoms with Gasteiger partial charge in [0, 0.05) is 16.6 Å². The molecule has 2 N–H and O–H groups in total. The summed E-state index contributed by atoms with van der Waals surface area (Å²) in [6.45, 7) is 0. The van der Waals surface area contributed by atoms with Crippen molar-refractivity contribution < 1.29 is 23.1 Å². The maximum absolute atomic E-state index is 12.8. The smallest absolute Gasteiger partial charge is 0.418 e. The fourth-order valence-electron chi connectivity index (χ4n) is 1.68. The lowest BCUT2D eigenvalue weighted by molar-refractivity contribution is -0.136. The zero-order valence-electron chi connectivity index (χ0n) is 9.01. The highest BCUT2D eigenvalue weighted by molar-refractivity contribution is 6.31. The minimum atomic E-state index is -4.71. The van der Waals surface area contributed by atoms with Crippen LogP contribution in [0.1, 0.15) is 15.9 Å². The van der Waals surface area contributed by atoms with Gasteiger partial charge >= 0.3 is 12.1 Å². The fraction of sp³-hybridized carbons (Fsp3) is 0.0909. The number of carboxylic acids is 1. The minimum absolute atomic E-state index is 0.298. The highest BCUT2D eigenvalue weighted by Crippen LogP contribution is 2.35. The van der Waals surface area contributed by atoms with Crippen molar-refractivity contribution in [2.24, 2.45) is 0 Å². The summed E-state index contributed by atoms with van der Waals surface area (Å²) in [6.07, 6.45) is -3.98. The lowest BCUT2D eigenvalue weighted by Gasteiger charge is -2.11. The molecule has 2 aromatic rings. The van der Waals surface area contributed by atoms with Gasteiger partial charge in [-0.25, -0.2) is 4.79 Å². The second-order valence-electron chi connectivity index (χ2n) is 3.71. The molecular weight excluding hydrogens is 287 g/mol. The van der Waals surface area contributed by atoms with Crippen LogP contribution >= 0.6 is 11.6 Å². The van der Waals surface area contributed by atoms with Gasteiger partial charge in [0.25, 0.3) is 0 Å². The third kappa shape index (κ3) is 2.28. The normalized spacial score (nSPS) is 11.8. The molecule has 0 saturated carbocycles. The summed E-state index contributed by atoms with van der Waals surface area (Å²) in [5.74, 6) is -1.53. The minimum Gasteiger partial charge on any atom is -0.477 e. The van der Waals surface area contributed by atoms with E-state index in [-0.39, 0.29) is 5.02 Å². The molecule has 19 heavy (non-hydrogen) atoms. The van der Waals surface area contributed by atoms with Crippen LogP contribution in [0.25, 0.3) is 10.9 Å². The van der Waals surface area contributed by atoms with Gasteiger partial charge in [-0.15, -0.1) is 0 Å². The zero-order chi connectivity index (χ0) is 14.4. The van der Waals surface area contributed by atoms with E-state index in [4.69, 9.17) is 16.7 Å². The molecule has 100 valence electrons. The Morgan fingerprint density at radius 1 is 1.32 bits per heavy atom. The first kappa shape index (κ1) is 13.4. The van der Waals surface area contributed by atoms with E-state index in [0.29, 0.717) is 6.07 Å². The Labute approximate surface area is 108 Å². The molecule has 0 amide bonds. The maximum atomic E-state index is 12.8. The quantitative estimate of drug-likeness (QED) is 0.848. The molecule has 0 atom stereocenters. The number of alkyl halides is 3. The molecule has 2 rings (SSSR count). The number of aromatic amines is 1.